The van der Waals surface area contributed by atoms with Gasteiger partial charge in [-0.25, -0.2) is 0 Å². The normalized spacial score (nSPS) is 13.6. The molecule has 0 amide bonds. The maximum Gasteiger partial charge on any atom is 0.314 e. The summed E-state index contributed by atoms with van der Waals surface area (Å²) in [6, 6.07) is 0. The van der Waals surface area contributed by atoms with E-state index in [9.17, 15) is 9.59 Å². The minimum absolute atomic E-state index is 0.161. The molecule has 3 nitrogen and oxygen atoms in total. The summed E-state index contributed by atoms with van der Waals surface area (Å²) >= 11 is 0. The first-order chi connectivity index (χ1) is 6.80. The minimum Gasteiger partial charge on any atom is -0.481 e. The first kappa shape index (κ1) is 14.1. The van der Waals surface area contributed by atoms with Gasteiger partial charge in [0.1, 0.15) is 5.92 Å². The largest absolute Gasteiger partial charge is 0.481 e. The second-order valence-electron chi connectivity index (χ2n) is 5.00. The number of unbranched alkanes of at least 4 members (excludes halogenated alkanes) is 2. The molecule has 3 heteroatoms. The zero-order valence-corrected chi connectivity index (χ0v) is 10.2. The molecule has 0 aliphatic heterocycles. The fraction of sp³-hybridized carbons (Fsp3) is 0.833. The maximum atomic E-state index is 11.8. The van der Waals surface area contributed by atoms with Crippen molar-refractivity contribution in [2.24, 2.45) is 11.3 Å². The van der Waals surface area contributed by atoms with Crippen molar-refractivity contribution < 1.29 is 14.7 Å². The van der Waals surface area contributed by atoms with E-state index < -0.39 is 17.3 Å². The SMILES string of the molecule is CCCCCC(C(=O)O)C(=O)C(C)(C)C. The number of carboxylic acids is 1. The number of Topliss-reactive ketones (excluding diaryl/α,β-unsaturated/α-hetero) is 1. The lowest BCUT2D eigenvalue weighted by Gasteiger charge is -2.21. The Kier molecular flexibility index (Phi) is 5.55. The van der Waals surface area contributed by atoms with Crippen molar-refractivity contribution in [3.63, 3.8) is 0 Å². The number of carboxylic acid groups (broad SMARTS) is 1. The Morgan fingerprint density at radius 1 is 1.20 bits per heavy atom. The van der Waals surface area contributed by atoms with Crippen molar-refractivity contribution in [3.05, 3.63) is 0 Å². The second kappa shape index (κ2) is 5.89. The molecule has 0 rings (SSSR count). The average Bonchev–Trinajstić information content (AvgIpc) is 2.09. The Morgan fingerprint density at radius 3 is 2.07 bits per heavy atom. The highest BCUT2D eigenvalue weighted by molar-refractivity contribution is 6.00. The lowest BCUT2D eigenvalue weighted by molar-refractivity contribution is -0.149. The quantitative estimate of drug-likeness (QED) is 0.546. The molecule has 1 atom stereocenters. The zero-order valence-electron chi connectivity index (χ0n) is 10.2. The topological polar surface area (TPSA) is 54.4 Å². The Bertz CT molecular complexity index is 226. The summed E-state index contributed by atoms with van der Waals surface area (Å²) in [6.07, 6.45) is 3.31. The van der Waals surface area contributed by atoms with Crippen LogP contribution in [0.4, 0.5) is 0 Å². The molecule has 88 valence electrons. The van der Waals surface area contributed by atoms with Crippen LogP contribution in [0.2, 0.25) is 0 Å². The van der Waals surface area contributed by atoms with Gasteiger partial charge in [-0.1, -0.05) is 47.0 Å². The van der Waals surface area contributed by atoms with E-state index >= 15 is 0 Å². The highest BCUT2D eigenvalue weighted by Gasteiger charge is 2.33. The number of hydrogen-bond acceptors (Lipinski definition) is 2. The highest BCUT2D eigenvalue weighted by atomic mass is 16.4. The van der Waals surface area contributed by atoms with Crippen molar-refractivity contribution in [1.29, 1.82) is 0 Å². The third-order valence-corrected chi connectivity index (χ3v) is 2.45. The number of ketones is 1. The lowest BCUT2D eigenvalue weighted by Crippen LogP contribution is -2.33. The lowest BCUT2D eigenvalue weighted by atomic mass is 9.81. The second-order valence-corrected chi connectivity index (χ2v) is 5.00. The van der Waals surface area contributed by atoms with Gasteiger partial charge in [0.05, 0.1) is 0 Å². The molecule has 0 heterocycles. The standard InChI is InChI=1S/C12H22O3/c1-5-6-7-8-9(11(14)15)10(13)12(2,3)4/h9H,5-8H2,1-4H3,(H,14,15). The molecule has 0 saturated carbocycles. The van der Waals surface area contributed by atoms with Crippen molar-refractivity contribution in [1.82, 2.24) is 0 Å². The maximum absolute atomic E-state index is 11.8. The summed E-state index contributed by atoms with van der Waals surface area (Å²) in [5.41, 5.74) is -0.560. The monoisotopic (exact) mass is 214 g/mol. The molecular weight excluding hydrogens is 192 g/mol. The molecule has 0 radical (unpaired) electrons. The van der Waals surface area contributed by atoms with E-state index in [2.05, 4.69) is 6.92 Å². The number of hydrogen-bond donors (Lipinski definition) is 1. The van der Waals surface area contributed by atoms with Gasteiger partial charge < -0.3 is 5.11 Å². The fourth-order valence-corrected chi connectivity index (χ4v) is 1.49. The van der Waals surface area contributed by atoms with Crippen LogP contribution in [0.3, 0.4) is 0 Å². The summed E-state index contributed by atoms with van der Waals surface area (Å²) < 4.78 is 0. The van der Waals surface area contributed by atoms with Crippen LogP contribution in [0.5, 0.6) is 0 Å². The van der Waals surface area contributed by atoms with Crippen LogP contribution in [0.25, 0.3) is 0 Å². The Morgan fingerprint density at radius 2 is 1.73 bits per heavy atom. The fourth-order valence-electron chi connectivity index (χ4n) is 1.49. The third kappa shape index (κ3) is 4.96. The number of carbonyl (C=O) groups excluding carboxylic acids is 1. The van der Waals surface area contributed by atoms with Gasteiger partial charge in [0.25, 0.3) is 0 Å². The van der Waals surface area contributed by atoms with Crippen molar-refractivity contribution in [2.45, 2.75) is 53.4 Å². The Balaban J connectivity index is 4.40. The van der Waals surface area contributed by atoms with Gasteiger partial charge in [0.15, 0.2) is 5.78 Å². The van der Waals surface area contributed by atoms with Gasteiger partial charge in [0, 0.05) is 5.41 Å². The molecule has 1 unspecified atom stereocenters. The van der Waals surface area contributed by atoms with Crippen molar-refractivity contribution in [2.75, 3.05) is 0 Å². The molecule has 0 fully saturated rings. The van der Waals surface area contributed by atoms with E-state index in [0.717, 1.165) is 19.3 Å². The summed E-state index contributed by atoms with van der Waals surface area (Å²) in [6.45, 7) is 7.36. The molecule has 0 saturated heterocycles. The molecule has 0 aliphatic carbocycles. The van der Waals surface area contributed by atoms with E-state index in [4.69, 9.17) is 5.11 Å². The summed E-state index contributed by atoms with van der Waals surface area (Å²) in [5.74, 6) is -1.96. The van der Waals surface area contributed by atoms with Crippen LogP contribution < -0.4 is 0 Å². The van der Waals surface area contributed by atoms with Gasteiger partial charge in [-0.05, 0) is 6.42 Å². The smallest absolute Gasteiger partial charge is 0.314 e. The van der Waals surface area contributed by atoms with Crippen LogP contribution >= 0.6 is 0 Å². The van der Waals surface area contributed by atoms with E-state index in [1.54, 1.807) is 20.8 Å². The number of aliphatic carboxylic acids is 1. The summed E-state index contributed by atoms with van der Waals surface area (Å²) in [5, 5.41) is 8.99. The Hall–Kier alpha value is -0.860. The van der Waals surface area contributed by atoms with Crippen LogP contribution in [0.1, 0.15) is 53.4 Å². The highest BCUT2D eigenvalue weighted by Crippen LogP contribution is 2.24. The molecule has 15 heavy (non-hydrogen) atoms. The molecular formula is C12H22O3. The predicted octanol–water partition coefficient (Wildman–Crippen LogP) is 2.88. The number of rotatable bonds is 6. The van der Waals surface area contributed by atoms with Crippen LogP contribution in [-0.2, 0) is 9.59 Å². The average molecular weight is 214 g/mol. The van der Waals surface area contributed by atoms with E-state index in [1.807, 2.05) is 0 Å². The van der Waals surface area contributed by atoms with Crippen LogP contribution in [0.15, 0.2) is 0 Å². The van der Waals surface area contributed by atoms with Crippen molar-refractivity contribution in [3.8, 4) is 0 Å². The summed E-state index contributed by atoms with van der Waals surface area (Å²) in [4.78, 5) is 22.8. The predicted molar refractivity (Wildman–Crippen MR) is 59.7 cm³/mol. The van der Waals surface area contributed by atoms with Gasteiger partial charge >= 0.3 is 5.97 Å². The molecule has 0 aromatic carbocycles. The van der Waals surface area contributed by atoms with Gasteiger partial charge in [-0.2, -0.15) is 0 Å². The molecule has 0 aromatic heterocycles. The molecule has 0 bridgehead atoms. The van der Waals surface area contributed by atoms with Gasteiger partial charge in [0.2, 0.25) is 0 Å². The minimum atomic E-state index is -0.981. The van der Waals surface area contributed by atoms with Gasteiger partial charge in [-0.3, -0.25) is 9.59 Å². The first-order valence-corrected chi connectivity index (χ1v) is 5.57. The zero-order chi connectivity index (χ0) is 12.1. The van der Waals surface area contributed by atoms with Crippen molar-refractivity contribution >= 4 is 11.8 Å². The third-order valence-electron chi connectivity index (χ3n) is 2.45. The molecule has 0 aliphatic rings. The van der Waals surface area contributed by atoms with E-state index in [1.165, 1.54) is 0 Å². The van der Waals surface area contributed by atoms with E-state index in [-0.39, 0.29) is 5.78 Å². The first-order valence-electron chi connectivity index (χ1n) is 5.57. The van der Waals surface area contributed by atoms with Crippen LogP contribution in [0, 0.1) is 11.3 Å². The molecule has 0 spiro atoms. The molecule has 1 N–H and O–H groups in total. The van der Waals surface area contributed by atoms with E-state index in [0.29, 0.717) is 6.42 Å². The van der Waals surface area contributed by atoms with Gasteiger partial charge in [-0.15, -0.1) is 0 Å². The molecule has 0 aromatic rings. The van der Waals surface area contributed by atoms with Crippen LogP contribution in [-0.4, -0.2) is 16.9 Å². The number of carbonyl (C=O) groups is 2. The Labute approximate surface area is 91.9 Å². The summed E-state index contributed by atoms with van der Waals surface area (Å²) in [7, 11) is 0.